The molecular formula is C14H23N3O5. The van der Waals surface area contributed by atoms with Gasteiger partial charge in [-0.25, -0.2) is 9.78 Å². The van der Waals surface area contributed by atoms with Crippen LogP contribution >= 0.6 is 0 Å². The molecule has 0 fully saturated rings. The third kappa shape index (κ3) is 5.38. The molecule has 0 bridgehead atoms. The Hall–Kier alpha value is -2.06. The number of nitrogens with two attached hydrogens (primary N) is 1. The van der Waals surface area contributed by atoms with Gasteiger partial charge in [0.05, 0.1) is 12.8 Å². The predicted molar refractivity (Wildman–Crippen MR) is 80.4 cm³/mol. The summed E-state index contributed by atoms with van der Waals surface area (Å²) in [5.74, 6) is 0.234. The van der Waals surface area contributed by atoms with Crippen molar-refractivity contribution in [3.8, 4) is 5.88 Å². The minimum atomic E-state index is -1.25. The number of hydrogen-bond acceptors (Lipinski definition) is 7. The van der Waals surface area contributed by atoms with Crippen molar-refractivity contribution in [2.75, 3.05) is 19.4 Å². The number of pyridine rings is 1. The molecule has 124 valence electrons. The second-order valence-corrected chi connectivity index (χ2v) is 5.76. The maximum absolute atomic E-state index is 11.5. The summed E-state index contributed by atoms with van der Waals surface area (Å²) in [6, 6.07) is 1.45. The summed E-state index contributed by atoms with van der Waals surface area (Å²) in [4.78, 5) is 15.4. The number of nitrogens with zero attached hydrogens (tertiary/aromatic N) is 1. The fourth-order valence-corrected chi connectivity index (χ4v) is 1.65. The van der Waals surface area contributed by atoms with Crippen LogP contribution in [0.15, 0.2) is 12.3 Å². The summed E-state index contributed by atoms with van der Waals surface area (Å²) >= 11 is 0. The van der Waals surface area contributed by atoms with Crippen molar-refractivity contribution in [3.63, 3.8) is 0 Å². The molecule has 1 amide bonds. The van der Waals surface area contributed by atoms with E-state index >= 15 is 0 Å². The highest BCUT2D eigenvalue weighted by Crippen LogP contribution is 2.23. The summed E-state index contributed by atoms with van der Waals surface area (Å²) in [5, 5.41) is 22.3. The summed E-state index contributed by atoms with van der Waals surface area (Å²) in [5.41, 5.74) is 5.61. The molecule has 0 saturated carbocycles. The molecule has 0 aliphatic carbocycles. The van der Waals surface area contributed by atoms with Gasteiger partial charge in [0.15, 0.2) is 0 Å². The molecular weight excluding hydrogens is 290 g/mol. The van der Waals surface area contributed by atoms with E-state index in [0.29, 0.717) is 5.56 Å². The van der Waals surface area contributed by atoms with Crippen LogP contribution in [-0.2, 0) is 4.74 Å². The molecule has 1 aromatic heterocycles. The number of anilines is 1. The molecule has 5 N–H and O–H groups in total. The molecule has 1 heterocycles. The van der Waals surface area contributed by atoms with Crippen LogP contribution in [0.2, 0.25) is 0 Å². The first-order valence-corrected chi connectivity index (χ1v) is 6.76. The number of aromatic nitrogens is 1. The highest BCUT2D eigenvalue weighted by Gasteiger charge is 2.22. The van der Waals surface area contributed by atoms with Crippen LogP contribution in [0.3, 0.4) is 0 Å². The Bertz CT molecular complexity index is 516. The second kappa shape index (κ2) is 7.28. The summed E-state index contributed by atoms with van der Waals surface area (Å²) in [7, 11) is 1.42. The zero-order valence-corrected chi connectivity index (χ0v) is 13.2. The highest BCUT2D eigenvalue weighted by atomic mass is 16.6. The van der Waals surface area contributed by atoms with Gasteiger partial charge < -0.3 is 30.7 Å². The van der Waals surface area contributed by atoms with Crippen LogP contribution in [0.4, 0.5) is 10.5 Å². The van der Waals surface area contributed by atoms with Gasteiger partial charge in [-0.2, -0.15) is 0 Å². The largest absolute Gasteiger partial charge is 0.480 e. The Morgan fingerprint density at radius 2 is 2.09 bits per heavy atom. The third-order valence-electron chi connectivity index (χ3n) is 2.65. The van der Waals surface area contributed by atoms with Gasteiger partial charge >= 0.3 is 6.09 Å². The number of methoxy groups -OCH3 is 1. The number of nitrogens with one attached hydrogen (secondary N) is 1. The lowest BCUT2D eigenvalue weighted by molar-refractivity contribution is 0.0128. The van der Waals surface area contributed by atoms with E-state index in [1.54, 1.807) is 20.8 Å². The zero-order valence-electron chi connectivity index (χ0n) is 13.2. The molecule has 1 aromatic rings. The third-order valence-corrected chi connectivity index (χ3v) is 2.65. The Balaban J connectivity index is 2.60. The molecule has 0 radical (unpaired) electrons. The standard InChI is InChI=1S/C14H23N3O5/c1-14(2,3)22-13(20)17-7-10(18)11(19)8-5-9(15)12(21-4)16-6-8/h5-6,10-11,18-19H,7,15H2,1-4H3,(H,17,20). The molecule has 0 aliphatic rings. The molecule has 8 nitrogen and oxygen atoms in total. The van der Waals surface area contributed by atoms with Crippen molar-refractivity contribution >= 4 is 11.8 Å². The number of carbonyl (C=O) groups is 1. The van der Waals surface area contributed by atoms with Crippen molar-refractivity contribution in [1.82, 2.24) is 10.3 Å². The maximum atomic E-state index is 11.5. The van der Waals surface area contributed by atoms with E-state index in [-0.39, 0.29) is 18.1 Å². The number of ether oxygens (including phenoxy) is 2. The summed E-state index contributed by atoms with van der Waals surface area (Å²) < 4.78 is 9.94. The minimum Gasteiger partial charge on any atom is -0.480 e. The van der Waals surface area contributed by atoms with Crippen LogP contribution < -0.4 is 15.8 Å². The van der Waals surface area contributed by atoms with Crippen molar-refractivity contribution in [3.05, 3.63) is 17.8 Å². The first-order chi connectivity index (χ1) is 10.1. The Kier molecular flexibility index (Phi) is 5.95. The first-order valence-electron chi connectivity index (χ1n) is 6.76. The van der Waals surface area contributed by atoms with Gasteiger partial charge in [-0.3, -0.25) is 0 Å². The van der Waals surface area contributed by atoms with Crippen molar-refractivity contribution in [1.29, 1.82) is 0 Å². The normalized spacial score (nSPS) is 14.1. The lowest BCUT2D eigenvalue weighted by Crippen LogP contribution is -2.38. The maximum Gasteiger partial charge on any atom is 0.407 e. The predicted octanol–water partition coefficient (Wildman–Crippen LogP) is 0.591. The fraction of sp³-hybridized carbons (Fsp3) is 0.571. The zero-order chi connectivity index (χ0) is 16.9. The molecule has 0 saturated heterocycles. The molecule has 0 aliphatic heterocycles. The number of alkyl carbamates (subject to hydrolysis) is 1. The minimum absolute atomic E-state index is 0.179. The Morgan fingerprint density at radius 3 is 2.59 bits per heavy atom. The summed E-state index contributed by atoms with van der Waals surface area (Å²) in [6.07, 6.45) is -1.82. The smallest absolute Gasteiger partial charge is 0.407 e. The van der Waals surface area contributed by atoms with Gasteiger partial charge in [0.2, 0.25) is 5.88 Å². The van der Waals surface area contributed by atoms with Gasteiger partial charge in [-0.05, 0) is 26.8 Å². The number of rotatable bonds is 5. The molecule has 0 aromatic carbocycles. The number of amides is 1. The van der Waals surface area contributed by atoms with E-state index in [2.05, 4.69) is 10.3 Å². The molecule has 0 spiro atoms. The van der Waals surface area contributed by atoms with Crippen LogP contribution in [-0.4, -0.2) is 46.6 Å². The van der Waals surface area contributed by atoms with Gasteiger partial charge in [-0.15, -0.1) is 0 Å². The second-order valence-electron chi connectivity index (χ2n) is 5.76. The SMILES string of the molecule is COc1ncc(C(O)C(O)CNC(=O)OC(C)(C)C)cc1N. The van der Waals surface area contributed by atoms with Gasteiger partial charge in [-0.1, -0.05) is 0 Å². The molecule has 1 rings (SSSR count). The number of aliphatic hydroxyl groups excluding tert-OH is 2. The molecule has 8 heteroatoms. The van der Waals surface area contributed by atoms with E-state index in [4.69, 9.17) is 15.2 Å². The number of carbonyl (C=O) groups excluding carboxylic acids is 1. The number of hydrogen-bond donors (Lipinski definition) is 4. The van der Waals surface area contributed by atoms with Gasteiger partial charge in [0.1, 0.15) is 17.8 Å². The van der Waals surface area contributed by atoms with E-state index in [1.165, 1.54) is 19.4 Å². The quantitative estimate of drug-likeness (QED) is 0.626. The lowest BCUT2D eigenvalue weighted by atomic mass is 10.1. The van der Waals surface area contributed by atoms with E-state index in [0.717, 1.165) is 0 Å². The van der Waals surface area contributed by atoms with E-state index in [9.17, 15) is 15.0 Å². The Morgan fingerprint density at radius 1 is 1.45 bits per heavy atom. The molecule has 22 heavy (non-hydrogen) atoms. The molecule has 2 unspecified atom stereocenters. The monoisotopic (exact) mass is 313 g/mol. The van der Waals surface area contributed by atoms with Crippen LogP contribution in [0.25, 0.3) is 0 Å². The molecule has 2 atom stereocenters. The topological polar surface area (TPSA) is 127 Å². The van der Waals surface area contributed by atoms with Crippen molar-refractivity contribution in [2.45, 2.75) is 38.6 Å². The Labute approximate surface area is 129 Å². The van der Waals surface area contributed by atoms with Gasteiger partial charge in [0, 0.05) is 18.3 Å². The van der Waals surface area contributed by atoms with Crippen molar-refractivity contribution in [2.24, 2.45) is 0 Å². The van der Waals surface area contributed by atoms with Crippen LogP contribution in [0.5, 0.6) is 5.88 Å². The fourth-order valence-electron chi connectivity index (χ4n) is 1.65. The van der Waals surface area contributed by atoms with Crippen LogP contribution in [0, 0.1) is 0 Å². The van der Waals surface area contributed by atoms with Crippen LogP contribution in [0.1, 0.15) is 32.4 Å². The average Bonchev–Trinajstić information content (AvgIpc) is 2.42. The summed E-state index contributed by atoms with van der Waals surface area (Å²) in [6.45, 7) is 5.00. The van der Waals surface area contributed by atoms with E-state index < -0.39 is 23.9 Å². The number of nitrogen functional groups attached to an aromatic ring is 1. The number of aliphatic hydroxyl groups is 2. The average molecular weight is 313 g/mol. The first kappa shape index (κ1) is 18.0. The highest BCUT2D eigenvalue weighted by molar-refractivity contribution is 5.67. The van der Waals surface area contributed by atoms with Gasteiger partial charge in [0.25, 0.3) is 0 Å². The van der Waals surface area contributed by atoms with E-state index in [1.807, 2.05) is 0 Å². The van der Waals surface area contributed by atoms with Crippen molar-refractivity contribution < 1.29 is 24.5 Å². The lowest BCUT2D eigenvalue weighted by Gasteiger charge is -2.22.